The van der Waals surface area contributed by atoms with Crippen LogP contribution in [0.1, 0.15) is 5.69 Å². The Morgan fingerprint density at radius 2 is 2.08 bits per heavy atom. The molecule has 72 valence electrons. The number of rotatable bonds is 1. The van der Waals surface area contributed by atoms with E-state index >= 15 is 0 Å². The maximum absolute atomic E-state index is 12.2. The highest BCUT2D eigenvalue weighted by molar-refractivity contribution is 7.98. The summed E-state index contributed by atoms with van der Waals surface area (Å²) in [6.45, 7) is 0. The molecule has 0 unspecified atom stereocenters. The van der Waals surface area contributed by atoms with Crippen molar-refractivity contribution >= 4 is 23.4 Å². The Hall–Kier alpha value is -0.420. The Morgan fingerprint density at radius 3 is 2.54 bits per heavy atom. The molecule has 0 aliphatic rings. The van der Waals surface area contributed by atoms with Crippen LogP contribution in [0, 0.1) is 0 Å². The Balaban J connectivity index is 3.24. The molecule has 0 N–H and O–H groups in total. The van der Waals surface area contributed by atoms with Crippen molar-refractivity contribution in [2.75, 3.05) is 6.26 Å². The van der Waals surface area contributed by atoms with Gasteiger partial charge in [-0.05, 0) is 12.3 Å². The van der Waals surface area contributed by atoms with Gasteiger partial charge >= 0.3 is 6.18 Å². The van der Waals surface area contributed by atoms with Crippen LogP contribution in [-0.4, -0.2) is 11.2 Å². The fraction of sp³-hybridized carbons (Fsp3) is 0.286. The smallest absolute Gasteiger partial charge is 0.250 e. The van der Waals surface area contributed by atoms with Crippen molar-refractivity contribution in [3.05, 3.63) is 23.0 Å². The fourth-order valence-electron chi connectivity index (χ4n) is 0.781. The van der Waals surface area contributed by atoms with Gasteiger partial charge in [-0.2, -0.15) is 13.2 Å². The average molecular weight is 228 g/mol. The molecule has 1 aromatic rings. The third-order valence-electron chi connectivity index (χ3n) is 1.34. The van der Waals surface area contributed by atoms with Crippen LogP contribution in [0.2, 0.25) is 5.02 Å². The molecular formula is C7H5ClF3NS. The zero-order valence-corrected chi connectivity index (χ0v) is 8.09. The predicted octanol–water partition coefficient (Wildman–Crippen LogP) is 3.48. The first-order valence-electron chi connectivity index (χ1n) is 3.22. The standard InChI is InChI=1S/C7H5ClF3NS/c1-13-4-2-3-12-6(5(4)8)7(9,10)11/h2-3H,1H3. The van der Waals surface area contributed by atoms with Gasteiger partial charge in [0.1, 0.15) is 0 Å². The van der Waals surface area contributed by atoms with E-state index in [0.717, 1.165) is 18.0 Å². The van der Waals surface area contributed by atoms with Gasteiger partial charge in [-0.3, -0.25) is 4.98 Å². The van der Waals surface area contributed by atoms with Gasteiger partial charge in [0.2, 0.25) is 0 Å². The molecule has 0 bridgehead atoms. The molecule has 13 heavy (non-hydrogen) atoms. The molecule has 0 aromatic carbocycles. The summed E-state index contributed by atoms with van der Waals surface area (Å²) in [6.07, 6.45) is -1.73. The van der Waals surface area contributed by atoms with Gasteiger partial charge in [0.25, 0.3) is 0 Å². The van der Waals surface area contributed by atoms with E-state index in [1.165, 1.54) is 6.07 Å². The maximum Gasteiger partial charge on any atom is 0.434 e. The normalized spacial score (nSPS) is 11.8. The number of alkyl halides is 3. The molecule has 0 aliphatic carbocycles. The van der Waals surface area contributed by atoms with Crippen molar-refractivity contribution in [1.29, 1.82) is 0 Å². The third-order valence-corrected chi connectivity index (χ3v) is 2.62. The van der Waals surface area contributed by atoms with Gasteiger partial charge in [-0.1, -0.05) is 11.6 Å². The topological polar surface area (TPSA) is 12.9 Å². The van der Waals surface area contributed by atoms with Crippen molar-refractivity contribution in [3.63, 3.8) is 0 Å². The SMILES string of the molecule is CSc1ccnc(C(F)(F)F)c1Cl. The Morgan fingerprint density at radius 1 is 1.46 bits per heavy atom. The lowest BCUT2D eigenvalue weighted by Gasteiger charge is -2.09. The highest BCUT2D eigenvalue weighted by Gasteiger charge is 2.35. The lowest BCUT2D eigenvalue weighted by Crippen LogP contribution is -2.08. The van der Waals surface area contributed by atoms with Gasteiger partial charge in [0.05, 0.1) is 5.02 Å². The molecule has 0 spiro atoms. The predicted molar refractivity (Wildman–Crippen MR) is 46.0 cm³/mol. The van der Waals surface area contributed by atoms with E-state index in [0.29, 0.717) is 4.90 Å². The molecule has 1 rings (SSSR count). The summed E-state index contributed by atoms with van der Waals surface area (Å²) >= 11 is 6.64. The maximum atomic E-state index is 12.2. The van der Waals surface area contributed by atoms with Gasteiger partial charge in [0, 0.05) is 11.1 Å². The van der Waals surface area contributed by atoms with Crippen molar-refractivity contribution in [2.24, 2.45) is 0 Å². The summed E-state index contributed by atoms with van der Waals surface area (Å²) in [5.74, 6) is 0. The van der Waals surface area contributed by atoms with Crippen LogP contribution in [-0.2, 0) is 6.18 Å². The molecule has 1 nitrogen and oxygen atoms in total. The van der Waals surface area contributed by atoms with Crippen molar-refractivity contribution in [1.82, 2.24) is 4.98 Å². The zero-order chi connectivity index (χ0) is 10.1. The minimum Gasteiger partial charge on any atom is -0.250 e. The highest BCUT2D eigenvalue weighted by atomic mass is 35.5. The first-order chi connectivity index (χ1) is 5.96. The number of hydrogen-bond acceptors (Lipinski definition) is 2. The number of pyridine rings is 1. The molecule has 1 aromatic heterocycles. The monoisotopic (exact) mass is 227 g/mol. The number of nitrogens with zero attached hydrogens (tertiary/aromatic N) is 1. The van der Waals surface area contributed by atoms with Crippen LogP contribution >= 0.6 is 23.4 Å². The first-order valence-corrected chi connectivity index (χ1v) is 4.82. The lowest BCUT2D eigenvalue weighted by molar-refractivity contribution is -0.141. The second-order valence-corrected chi connectivity index (χ2v) is 3.40. The van der Waals surface area contributed by atoms with Crippen LogP contribution in [0.3, 0.4) is 0 Å². The second-order valence-electron chi connectivity index (χ2n) is 2.17. The molecule has 0 amide bonds. The minimum absolute atomic E-state index is 0.331. The summed E-state index contributed by atoms with van der Waals surface area (Å²) in [5, 5.41) is -0.331. The van der Waals surface area contributed by atoms with Crippen molar-refractivity contribution in [2.45, 2.75) is 11.1 Å². The zero-order valence-electron chi connectivity index (χ0n) is 6.52. The Labute approximate surface area is 82.3 Å². The molecule has 0 fully saturated rings. The Bertz CT molecular complexity index is 313. The highest BCUT2D eigenvalue weighted by Crippen LogP contribution is 2.36. The largest absolute Gasteiger partial charge is 0.434 e. The molecule has 0 saturated carbocycles. The molecule has 1 heterocycles. The minimum atomic E-state index is -4.48. The van der Waals surface area contributed by atoms with E-state index in [4.69, 9.17) is 11.6 Å². The summed E-state index contributed by atoms with van der Waals surface area (Å²) in [4.78, 5) is 3.57. The van der Waals surface area contributed by atoms with E-state index in [9.17, 15) is 13.2 Å². The van der Waals surface area contributed by atoms with Gasteiger partial charge in [0.15, 0.2) is 5.69 Å². The lowest BCUT2D eigenvalue weighted by atomic mass is 10.3. The third kappa shape index (κ3) is 2.28. The van der Waals surface area contributed by atoms with E-state index in [-0.39, 0.29) is 5.02 Å². The number of aromatic nitrogens is 1. The molecule has 0 aliphatic heterocycles. The van der Waals surface area contributed by atoms with Gasteiger partial charge in [-0.15, -0.1) is 11.8 Å². The van der Waals surface area contributed by atoms with E-state index < -0.39 is 11.9 Å². The van der Waals surface area contributed by atoms with Crippen LogP contribution in [0.5, 0.6) is 0 Å². The average Bonchev–Trinajstić information content (AvgIpc) is 2.02. The molecule has 0 radical (unpaired) electrons. The van der Waals surface area contributed by atoms with Crippen LogP contribution in [0.25, 0.3) is 0 Å². The molecule has 6 heteroatoms. The van der Waals surface area contributed by atoms with Gasteiger partial charge < -0.3 is 0 Å². The van der Waals surface area contributed by atoms with E-state index in [2.05, 4.69) is 4.98 Å². The summed E-state index contributed by atoms with van der Waals surface area (Å²) in [7, 11) is 0. The number of thioether (sulfide) groups is 1. The summed E-state index contributed by atoms with van der Waals surface area (Å²) < 4.78 is 36.6. The number of halogens is 4. The number of hydrogen-bond donors (Lipinski definition) is 0. The van der Waals surface area contributed by atoms with Crippen LogP contribution in [0.15, 0.2) is 17.2 Å². The quantitative estimate of drug-likeness (QED) is 0.682. The summed E-state index contributed by atoms with van der Waals surface area (Å²) in [5.41, 5.74) is -1.03. The molecule has 0 saturated heterocycles. The van der Waals surface area contributed by atoms with Crippen molar-refractivity contribution in [3.8, 4) is 0 Å². The van der Waals surface area contributed by atoms with Crippen molar-refractivity contribution < 1.29 is 13.2 Å². The van der Waals surface area contributed by atoms with Gasteiger partial charge in [-0.25, -0.2) is 0 Å². The second kappa shape index (κ2) is 3.75. The van der Waals surface area contributed by atoms with Crippen LogP contribution < -0.4 is 0 Å². The first kappa shape index (κ1) is 10.7. The van der Waals surface area contributed by atoms with Crippen LogP contribution in [0.4, 0.5) is 13.2 Å². The van der Waals surface area contributed by atoms with E-state index in [1.807, 2.05) is 0 Å². The Kier molecular flexibility index (Phi) is 3.08. The molecular weight excluding hydrogens is 223 g/mol. The summed E-state index contributed by atoms with van der Waals surface area (Å²) in [6, 6.07) is 1.45. The molecule has 0 atom stereocenters. The fourth-order valence-corrected chi connectivity index (χ4v) is 1.70. The van der Waals surface area contributed by atoms with E-state index in [1.54, 1.807) is 6.26 Å².